The van der Waals surface area contributed by atoms with Crippen LogP contribution in [0.3, 0.4) is 0 Å². The van der Waals surface area contributed by atoms with Gasteiger partial charge in [0.1, 0.15) is 0 Å². The third-order valence-electron chi connectivity index (χ3n) is 4.35. The molecule has 2 fully saturated rings. The van der Waals surface area contributed by atoms with Crippen molar-refractivity contribution in [2.24, 2.45) is 0 Å². The maximum absolute atomic E-state index is 12.6. The summed E-state index contributed by atoms with van der Waals surface area (Å²) >= 11 is 6.69. The third kappa shape index (κ3) is 3.37. The molecule has 4 nitrogen and oxygen atoms in total. The lowest BCUT2D eigenvalue weighted by molar-refractivity contribution is 0.186. The average molecular weight is 438 g/mol. The van der Waals surface area contributed by atoms with E-state index in [1.165, 1.54) is 12.8 Å². The summed E-state index contributed by atoms with van der Waals surface area (Å²) < 4.78 is 29.6. The predicted octanol–water partition coefficient (Wildman–Crippen LogP) is 3.12. The van der Waals surface area contributed by atoms with E-state index in [9.17, 15) is 8.42 Å². The molecule has 0 amide bonds. The number of rotatable bonds is 3. The van der Waals surface area contributed by atoms with E-state index in [4.69, 9.17) is 0 Å². The summed E-state index contributed by atoms with van der Waals surface area (Å²) in [5.74, 6) is 0. The van der Waals surface area contributed by atoms with Crippen molar-refractivity contribution in [3.05, 3.63) is 27.1 Å². The summed E-state index contributed by atoms with van der Waals surface area (Å²) in [4.78, 5) is 2.73. The van der Waals surface area contributed by atoms with Crippen molar-refractivity contribution >= 4 is 41.9 Å². The Morgan fingerprint density at radius 2 is 1.95 bits per heavy atom. The summed E-state index contributed by atoms with van der Waals surface area (Å²) in [5.41, 5.74) is 0. The Labute approximate surface area is 142 Å². The molecule has 0 radical (unpaired) electrons. The number of sulfonamides is 1. The lowest BCUT2D eigenvalue weighted by Crippen LogP contribution is -2.46. The van der Waals surface area contributed by atoms with Gasteiger partial charge in [-0.1, -0.05) is 22.4 Å². The molecule has 2 aliphatic heterocycles. The number of hydrogen-bond donors (Lipinski definition) is 1. The fourth-order valence-corrected chi connectivity index (χ4v) is 6.39. The van der Waals surface area contributed by atoms with Crippen LogP contribution in [0.25, 0.3) is 0 Å². The van der Waals surface area contributed by atoms with Gasteiger partial charge < -0.3 is 0 Å². The third-order valence-corrected chi connectivity index (χ3v) is 7.31. The molecule has 2 unspecified atom stereocenters. The van der Waals surface area contributed by atoms with Gasteiger partial charge in [-0.05, 0) is 59.9 Å². The highest BCUT2D eigenvalue weighted by atomic mass is 79.9. The van der Waals surface area contributed by atoms with Gasteiger partial charge in [-0.2, -0.15) is 0 Å². The first kappa shape index (κ1) is 15.9. The molecule has 1 N–H and O–H groups in total. The van der Waals surface area contributed by atoms with Crippen molar-refractivity contribution in [2.45, 2.75) is 42.7 Å². The van der Waals surface area contributed by atoms with E-state index >= 15 is 0 Å². The van der Waals surface area contributed by atoms with Gasteiger partial charge in [0.25, 0.3) is 0 Å². The highest BCUT2D eigenvalue weighted by Crippen LogP contribution is 2.30. The van der Waals surface area contributed by atoms with E-state index in [2.05, 4.69) is 41.5 Å². The molecule has 2 atom stereocenters. The van der Waals surface area contributed by atoms with Gasteiger partial charge in [0.15, 0.2) is 0 Å². The highest BCUT2D eigenvalue weighted by molar-refractivity contribution is 9.11. The van der Waals surface area contributed by atoms with Gasteiger partial charge in [-0.15, -0.1) is 0 Å². The minimum atomic E-state index is -3.49. The van der Waals surface area contributed by atoms with Crippen LogP contribution in [0.2, 0.25) is 0 Å². The maximum Gasteiger partial charge on any atom is 0.241 e. The minimum absolute atomic E-state index is 0.0332. The number of nitrogens with zero attached hydrogens (tertiary/aromatic N) is 1. The van der Waals surface area contributed by atoms with Crippen LogP contribution in [0.15, 0.2) is 32.0 Å². The second kappa shape index (κ2) is 6.28. The van der Waals surface area contributed by atoms with Crippen molar-refractivity contribution < 1.29 is 8.42 Å². The number of benzene rings is 1. The van der Waals surface area contributed by atoms with Crippen LogP contribution >= 0.6 is 31.9 Å². The molecule has 7 heteroatoms. The van der Waals surface area contributed by atoms with Gasteiger partial charge in [0.2, 0.25) is 10.0 Å². The van der Waals surface area contributed by atoms with Crippen LogP contribution in [0.5, 0.6) is 0 Å². The summed E-state index contributed by atoms with van der Waals surface area (Å²) in [7, 11) is -3.49. The predicted molar refractivity (Wildman–Crippen MR) is 89.8 cm³/mol. The summed E-state index contributed by atoms with van der Waals surface area (Å²) in [5, 5.41) is 0. The number of nitrogens with one attached hydrogen (secondary N) is 1. The van der Waals surface area contributed by atoms with Crippen molar-refractivity contribution in [1.29, 1.82) is 0 Å². The first-order valence-corrected chi connectivity index (χ1v) is 10.3. The van der Waals surface area contributed by atoms with E-state index in [0.717, 1.165) is 30.4 Å². The molecule has 0 aromatic heterocycles. The van der Waals surface area contributed by atoms with Gasteiger partial charge in [0, 0.05) is 27.6 Å². The van der Waals surface area contributed by atoms with Gasteiger partial charge >= 0.3 is 0 Å². The standard InChI is InChI=1S/C14H18Br2N2O2S/c15-10-4-5-14(11(16)9-10)21(19,20)17-12-6-8-18-7-2-1-3-13(12)18/h4-5,9,12-13,17H,1-3,6-8H2. The van der Waals surface area contributed by atoms with Gasteiger partial charge in [0.05, 0.1) is 4.90 Å². The Balaban J connectivity index is 1.80. The van der Waals surface area contributed by atoms with Crippen LogP contribution in [0.4, 0.5) is 0 Å². The van der Waals surface area contributed by atoms with E-state index < -0.39 is 10.0 Å². The number of hydrogen-bond acceptors (Lipinski definition) is 3. The minimum Gasteiger partial charge on any atom is -0.299 e. The van der Waals surface area contributed by atoms with Gasteiger partial charge in [-0.3, -0.25) is 4.90 Å². The van der Waals surface area contributed by atoms with Crippen molar-refractivity contribution in [1.82, 2.24) is 9.62 Å². The molecule has 2 heterocycles. The molecular weight excluding hydrogens is 420 g/mol. The zero-order valence-corrected chi connectivity index (χ0v) is 15.5. The Hall–Kier alpha value is 0.0500. The average Bonchev–Trinajstić information content (AvgIpc) is 2.81. The molecular formula is C14H18Br2N2O2S. The van der Waals surface area contributed by atoms with Crippen LogP contribution < -0.4 is 4.72 Å². The van der Waals surface area contributed by atoms with Crippen molar-refractivity contribution in [3.63, 3.8) is 0 Å². The lowest BCUT2D eigenvalue weighted by atomic mass is 10.00. The van der Waals surface area contributed by atoms with E-state index in [-0.39, 0.29) is 6.04 Å². The molecule has 0 spiro atoms. The molecule has 0 bridgehead atoms. The van der Waals surface area contributed by atoms with E-state index in [1.807, 2.05) is 0 Å². The topological polar surface area (TPSA) is 49.4 Å². The fourth-order valence-electron chi connectivity index (χ4n) is 3.34. The summed E-state index contributed by atoms with van der Waals surface area (Å²) in [6.07, 6.45) is 4.42. The number of halogens is 2. The molecule has 0 saturated carbocycles. The zero-order chi connectivity index (χ0) is 15.0. The van der Waals surface area contributed by atoms with E-state index in [0.29, 0.717) is 15.4 Å². The smallest absolute Gasteiger partial charge is 0.241 e. The lowest BCUT2D eigenvalue weighted by Gasteiger charge is -2.32. The van der Waals surface area contributed by atoms with Crippen LogP contribution in [0.1, 0.15) is 25.7 Å². The van der Waals surface area contributed by atoms with E-state index in [1.54, 1.807) is 18.2 Å². The Bertz CT molecular complexity index is 636. The molecule has 2 saturated heterocycles. The second-order valence-electron chi connectivity index (χ2n) is 5.69. The van der Waals surface area contributed by atoms with Crippen LogP contribution in [0, 0.1) is 0 Å². The molecule has 0 aliphatic carbocycles. The molecule has 116 valence electrons. The summed E-state index contributed by atoms with van der Waals surface area (Å²) in [6.45, 7) is 2.10. The first-order valence-electron chi connectivity index (χ1n) is 7.19. The second-order valence-corrected chi connectivity index (χ2v) is 9.14. The molecule has 1 aromatic rings. The monoisotopic (exact) mass is 436 g/mol. The number of piperidine rings is 1. The van der Waals surface area contributed by atoms with Crippen LogP contribution in [-0.4, -0.2) is 38.5 Å². The highest BCUT2D eigenvalue weighted by Gasteiger charge is 2.38. The quantitative estimate of drug-likeness (QED) is 0.790. The Kier molecular flexibility index (Phi) is 4.76. The maximum atomic E-state index is 12.6. The van der Waals surface area contributed by atoms with Gasteiger partial charge in [-0.25, -0.2) is 13.1 Å². The molecule has 3 rings (SSSR count). The Morgan fingerprint density at radius 3 is 2.71 bits per heavy atom. The fraction of sp³-hybridized carbons (Fsp3) is 0.571. The SMILES string of the molecule is O=S(=O)(NC1CCN2CCCCC12)c1ccc(Br)cc1Br. The largest absolute Gasteiger partial charge is 0.299 e. The van der Waals surface area contributed by atoms with Crippen LogP contribution in [-0.2, 0) is 10.0 Å². The zero-order valence-electron chi connectivity index (χ0n) is 11.6. The van der Waals surface area contributed by atoms with Crippen molar-refractivity contribution in [3.8, 4) is 0 Å². The summed E-state index contributed by atoms with van der Waals surface area (Å²) in [6, 6.07) is 5.54. The number of fused-ring (bicyclic) bond motifs is 1. The molecule has 1 aromatic carbocycles. The Morgan fingerprint density at radius 1 is 1.14 bits per heavy atom. The first-order chi connectivity index (χ1) is 9.97. The molecule has 2 aliphatic rings. The van der Waals surface area contributed by atoms with Crippen molar-refractivity contribution in [2.75, 3.05) is 13.1 Å². The normalized spacial score (nSPS) is 26.8. The molecule has 21 heavy (non-hydrogen) atoms.